The van der Waals surface area contributed by atoms with Crippen LogP contribution < -0.4 is 10.6 Å². The van der Waals surface area contributed by atoms with Crippen molar-refractivity contribution < 1.29 is 4.79 Å². The summed E-state index contributed by atoms with van der Waals surface area (Å²) in [7, 11) is 0. The zero-order valence-electron chi connectivity index (χ0n) is 12.0. The molecule has 0 bridgehead atoms. The van der Waals surface area contributed by atoms with Crippen LogP contribution in [-0.4, -0.2) is 24.0 Å². The highest BCUT2D eigenvalue weighted by atomic mass is 35.5. The Labute approximate surface area is 142 Å². The van der Waals surface area contributed by atoms with Gasteiger partial charge >= 0.3 is 0 Å². The van der Waals surface area contributed by atoms with Crippen molar-refractivity contribution in [1.29, 1.82) is 0 Å². The summed E-state index contributed by atoms with van der Waals surface area (Å²) in [4.78, 5) is 17.5. The van der Waals surface area contributed by atoms with Gasteiger partial charge in [0.25, 0.3) is 0 Å². The fourth-order valence-corrected chi connectivity index (χ4v) is 2.63. The molecule has 2 N–H and O–H groups in total. The summed E-state index contributed by atoms with van der Waals surface area (Å²) in [5, 5.41) is 0. The smallest absolute Gasteiger partial charge is 0.222 e. The van der Waals surface area contributed by atoms with Gasteiger partial charge in [0.05, 0.1) is 5.92 Å². The Bertz CT molecular complexity index is 605. The summed E-state index contributed by atoms with van der Waals surface area (Å²) in [6, 6.07) is 12.3. The van der Waals surface area contributed by atoms with Gasteiger partial charge < -0.3 is 10.6 Å². The first kappa shape index (κ1) is 18.3. The lowest BCUT2D eigenvalue weighted by Crippen LogP contribution is -2.27. The van der Waals surface area contributed by atoms with E-state index < -0.39 is 0 Å². The van der Waals surface area contributed by atoms with E-state index >= 15 is 0 Å². The lowest BCUT2D eigenvalue weighted by Gasteiger charge is -2.18. The second kappa shape index (κ2) is 8.01. The zero-order chi connectivity index (χ0) is 13.9. The van der Waals surface area contributed by atoms with Gasteiger partial charge in [0.15, 0.2) is 0 Å². The van der Waals surface area contributed by atoms with Gasteiger partial charge in [-0.15, -0.1) is 24.8 Å². The minimum atomic E-state index is -0.195. The summed E-state index contributed by atoms with van der Waals surface area (Å²) < 4.78 is 0. The molecule has 0 saturated carbocycles. The van der Waals surface area contributed by atoms with Crippen LogP contribution >= 0.6 is 24.8 Å². The number of carbonyl (C=O) groups is 1. The molecule has 1 fully saturated rings. The standard InChI is InChI=1S/C16H17N3O.2ClH/c17-16(20)14-7-9-19(11-14)15-5-3-12(4-6-15)13-2-1-8-18-10-13;;/h1-6,8,10,14H,7,9,11H2,(H2,17,20);2*1H. The molecule has 4 nitrogen and oxygen atoms in total. The van der Waals surface area contributed by atoms with E-state index in [2.05, 4.69) is 34.1 Å². The molecule has 3 rings (SSSR count). The number of carbonyl (C=O) groups excluding carboxylic acids is 1. The second-order valence-electron chi connectivity index (χ2n) is 5.12. The quantitative estimate of drug-likeness (QED) is 0.935. The third-order valence-electron chi connectivity index (χ3n) is 3.82. The van der Waals surface area contributed by atoms with Crippen LogP contribution in [0.5, 0.6) is 0 Å². The van der Waals surface area contributed by atoms with Crippen molar-refractivity contribution in [3.05, 3.63) is 48.8 Å². The summed E-state index contributed by atoms with van der Waals surface area (Å²) in [6.45, 7) is 1.61. The molecule has 1 aliphatic heterocycles. The topological polar surface area (TPSA) is 59.2 Å². The van der Waals surface area contributed by atoms with Gasteiger partial charge in [-0.2, -0.15) is 0 Å². The van der Waals surface area contributed by atoms with Crippen molar-refractivity contribution in [3.8, 4) is 11.1 Å². The van der Waals surface area contributed by atoms with Gasteiger partial charge in [0.2, 0.25) is 5.91 Å². The summed E-state index contributed by atoms with van der Waals surface area (Å²) >= 11 is 0. The van der Waals surface area contributed by atoms with Crippen LogP contribution in [0.4, 0.5) is 5.69 Å². The number of hydrogen-bond acceptors (Lipinski definition) is 3. The highest BCUT2D eigenvalue weighted by Gasteiger charge is 2.26. The van der Waals surface area contributed by atoms with Crippen LogP contribution in [0.1, 0.15) is 6.42 Å². The molecule has 0 spiro atoms. The molecular weight excluding hydrogens is 321 g/mol. The van der Waals surface area contributed by atoms with E-state index in [9.17, 15) is 4.79 Å². The van der Waals surface area contributed by atoms with E-state index in [1.807, 2.05) is 18.3 Å². The average Bonchev–Trinajstić information content (AvgIpc) is 2.98. The Morgan fingerprint density at radius 1 is 1.14 bits per heavy atom. The third-order valence-corrected chi connectivity index (χ3v) is 3.82. The minimum Gasteiger partial charge on any atom is -0.371 e. The van der Waals surface area contributed by atoms with Gasteiger partial charge in [-0.1, -0.05) is 18.2 Å². The van der Waals surface area contributed by atoms with Crippen LogP contribution in [0.3, 0.4) is 0 Å². The number of aromatic nitrogens is 1. The fraction of sp³-hybridized carbons (Fsp3) is 0.250. The van der Waals surface area contributed by atoms with Crippen molar-refractivity contribution in [2.24, 2.45) is 11.7 Å². The summed E-state index contributed by atoms with van der Waals surface area (Å²) in [6.07, 6.45) is 4.47. The molecule has 0 aliphatic carbocycles. The average molecular weight is 340 g/mol. The highest BCUT2D eigenvalue weighted by molar-refractivity contribution is 5.85. The molecule has 1 aromatic carbocycles. The zero-order valence-corrected chi connectivity index (χ0v) is 13.6. The number of nitrogens with two attached hydrogens (primary N) is 1. The molecular formula is C16H19Cl2N3O. The van der Waals surface area contributed by atoms with Crippen LogP contribution in [0.25, 0.3) is 11.1 Å². The Hall–Kier alpha value is -1.78. The molecule has 1 amide bonds. The Balaban J connectivity index is 0.00000121. The van der Waals surface area contributed by atoms with Crippen molar-refractivity contribution in [2.75, 3.05) is 18.0 Å². The van der Waals surface area contributed by atoms with E-state index in [-0.39, 0.29) is 36.6 Å². The number of primary amides is 1. The molecule has 1 atom stereocenters. The van der Waals surface area contributed by atoms with E-state index in [0.717, 1.165) is 36.3 Å². The monoisotopic (exact) mass is 339 g/mol. The number of anilines is 1. The molecule has 1 unspecified atom stereocenters. The number of benzene rings is 1. The number of amides is 1. The van der Waals surface area contributed by atoms with Gasteiger partial charge in [-0.3, -0.25) is 9.78 Å². The lowest BCUT2D eigenvalue weighted by molar-refractivity contribution is -0.121. The molecule has 1 aliphatic rings. The Morgan fingerprint density at radius 3 is 2.41 bits per heavy atom. The van der Waals surface area contributed by atoms with Gasteiger partial charge in [-0.25, -0.2) is 0 Å². The predicted molar refractivity (Wildman–Crippen MR) is 93.7 cm³/mol. The van der Waals surface area contributed by atoms with Gasteiger partial charge in [0.1, 0.15) is 0 Å². The van der Waals surface area contributed by atoms with Crippen molar-refractivity contribution in [2.45, 2.75) is 6.42 Å². The Kier molecular flexibility index (Phi) is 6.65. The SMILES string of the molecule is Cl.Cl.NC(=O)C1CCN(c2ccc(-c3cccnc3)cc2)C1. The fourth-order valence-electron chi connectivity index (χ4n) is 2.63. The number of nitrogens with zero attached hydrogens (tertiary/aromatic N) is 2. The molecule has 2 aromatic rings. The maximum Gasteiger partial charge on any atom is 0.222 e. The minimum absolute atomic E-state index is 0. The highest BCUT2D eigenvalue weighted by Crippen LogP contribution is 2.26. The second-order valence-corrected chi connectivity index (χ2v) is 5.12. The van der Waals surface area contributed by atoms with Crippen molar-refractivity contribution >= 4 is 36.4 Å². The molecule has 0 radical (unpaired) electrons. The van der Waals surface area contributed by atoms with Crippen LogP contribution in [0, 0.1) is 5.92 Å². The van der Waals surface area contributed by atoms with E-state index in [1.54, 1.807) is 6.20 Å². The maximum absolute atomic E-state index is 11.2. The lowest BCUT2D eigenvalue weighted by atomic mass is 10.1. The largest absolute Gasteiger partial charge is 0.371 e. The van der Waals surface area contributed by atoms with Crippen molar-refractivity contribution in [1.82, 2.24) is 4.98 Å². The maximum atomic E-state index is 11.2. The molecule has 6 heteroatoms. The molecule has 2 heterocycles. The number of pyridine rings is 1. The van der Waals surface area contributed by atoms with Crippen molar-refractivity contribution in [3.63, 3.8) is 0 Å². The first-order valence-electron chi connectivity index (χ1n) is 6.79. The van der Waals surface area contributed by atoms with Crippen LogP contribution in [0.15, 0.2) is 48.8 Å². The number of hydrogen-bond donors (Lipinski definition) is 1. The molecule has 1 aromatic heterocycles. The van der Waals surface area contributed by atoms with Gasteiger partial charge in [0, 0.05) is 31.2 Å². The van der Waals surface area contributed by atoms with Crippen LogP contribution in [0.2, 0.25) is 0 Å². The molecule has 118 valence electrons. The van der Waals surface area contributed by atoms with Gasteiger partial charge in [-0.05, 0) is 35.7 Å². The molecule has 22 heavy (non-hydrogen) atoms. The summed E-state index contributed by atoms with van der Waals surface area (Å²) in [5.41, 5.74) is 8.76. The van der Waals surface area contributed by atoms with E-state index in [1.165, 1.54) is 0 Å². The first-order chi connectivity index (χ1) is 9.74. The van der Waals surface area contributed by atoms with Crippen LogP contribution in [-0.2, 0) is 4.79 Å². The molecule has 1 saturated heterocycles. The number of rotatable bonds is 3. The summed E-state index contributed by atoms with van der Waals surface area (Å²) in [5.74, 6) is -0.215. The van der Waals surface area contributed by atoms with E-state index in [0.29, 0.717) is 0 Å². The normalized spacial score (nSPS) is 16.5. The first-order valence-corrected chi connectivity index (χ1v) is 6.79. The number of halogens is 2. The van der Waals surface area contributed by atoms with E-state index in [4.69, 9.17) is 5.73 Å². The third kappa shape index (κ3) is 3.90. The Morgan fingerprint density at radius 2 is 1.86 bits per heavy atom. The predicted octanol–water partition coefficient (Wildman–Crippen LogP) is 2.90.